The van der Waals surface area contributed by atoms with Crippen molar-refractivity contribution in [2.75, 3.05) is 0 Å². The summed E-state index contributed by atoms with van der Waals surface area (Å²) >= 11 is 0. The molecule has 0 fully saturated rings. The zero-order valence-electron chi connectivity index (χ0n) is 9.89. The number of hydrogen-bond donors (Lipinski definition) is 0. The summed E-state index contributed by atoms with van der Waals surface area (Å²) in [7, 11) is 0. The van der Waals surface area contributed by atoms with Crippen LogP contribution in [0, 0.1) is 0 Å². The van der Waals surface area contributed by atoms with E-state index in [2.05, 4.69) is 39.8 Å². The van der Waals surface area contributed by atoms with E-state index < -0.39 is 0 Å². The van der Waals surface area contributed by atoms with Gasteiger partial charge in [0.05, 0.1) is 0 Å². The van der Waals surface area contributed by atoms with Gasteiger partial charge in [-0.3, -0.25) is 0 Å². The van der Waals surface area contributed by atoms with Crippen LogP contribution >= 0.6 is 0 Å². The quantitative estimate of drug-likeness (QED) is 0.622. The second-order valence-corrected chi connectivity index (χ2v) is 4.16. The molecule has 0 aromatic heterocycles. The first-order chi connectivity index (χ1) is 6.02. The first-order valence-electron chi connectivity index (χ1n) is 4.87. The zero-order valence-corrected chi connectivity index (χ0v) is 9.89. The van der Waals surface area contributed by atoms with Crippen LogP contribution in [0.25, 0.3) is 5.73 Å². The van der Waals surface area contributed by atoms with Gasteiger partial charge in [-0.1, -0.05) is 51.5 Å². The Labute approximate surface area is 99.3 Å². The molecule has 0 amide bonds. The van der Waals surface area contributed by atoms with Gasteiger partial charge in [0.15, 0.2) is 0 Å². The fourth-order valence-electron chi connectivity index (χ4n) is 1.42. The van der Waals surface area contributed by atoms with Crippen molar-refractivity contribution < 1.29 is 18.9 Å². The average molecular weight is 183 g/mol. The topological polar surface area (TPSA) is 23.8 Å². The smallest absolute Gasteiger partial charge is 0.698 e. The van der Waals surface area contributed by atoms with Crippen LogP contribution in [0.3, 0.4) is 0 Å². The molecule has 1 aromatic carbocycles. The molecule has 1 N–H and O–H groups in total. The number of hydrogen-bond acceptors (Lipinski definition) is 0. The maximum Gasteiger partial charge on any atom is 1.00 e. The van der Waals surface area contributed by atoms with E-state index in [9.17, 15) is 0 Å². The van der Waals surface area contributed by atoms with Gasteiger partial charge in [0.25, 0.3) is 0 Å². The molecule has 0 saturated carbocycles. The minimum atomic E-state index is 0. The zero-order chi connectivity index (χ0) is 10.0. The monoisotopic (exact) mass is 183 g/mol. The molecular weight excluding hydrogens is 165 g/mol. The second-order valence-electron chi connectivity index (χ2n) is 4.16. The van der Waals surface area contributed by atoms with Crippen molar-refractivity contribution in [3.63, 3.8) is 0 Å². The van der Waals surface area contributed by atoms with E-state index in [1.165, 1.54) is 5.56 Å². The van der Waals surface area contributed by atoms with Gasteiger partial charge in [0.1, 0.15) is 0 Å². The Morgan fingerprint density at radius 2 is 1.57 bits per heavy atom. The summed E-state index contributed by atoms with van der Waals surface area (Å²) in [6.07, 6.45) is 0. The van der Waals surface area contributed by atoms with Crippen LogP contribution in [0.15, 0.2) is 18.2 Å². The van der Waals surface area contributed by atoms with Crippen LogP contribution in [0.1, 0.15) is 50.7 Å². The van der Waals surface area contributed by atoms with E-state index in [0.717, 1.165) is 5.56 Å². The van der Waals surface area contributed by atoms with Crippen molar-refractivity contribution in [1.29, 1.82) is 0 Å². The Kier molecular flexibility index (Phi) is 5.34. The fraction of sp³-hybridized carbons (Fsp3) is 0.500. The normalized spacial score (nSPS) is 10.4. The van der Waals surface area contributed by atoms with Crippen LogP contribution in [0.5, 0.6) is 0 Å². The SMILES string of the molecule is CC(C)c1ccc([NH-])c(C(C)C)c1.[Li+]. The van der Waals surface area contributed by atoms with Crippen molar-refractivity contribution in [2.45, 2.75) is 39.5 Å². The molecule has 0 aliphatic heterocycles. The van der Waals surface area contributed by atoms with E-state index in [1.54, 1.807) is 0 Å². The molecule has 0 spiro atoms. The van der Waals surface area contributed by atoms with Crippen LogP contribution in [-0.4, -0.2) is 0 Å². The summed E-state index contributed by atoms with van der Waals surface area (Å²) in [5, 5.41) is 0. The van der Waals surface area contributed by atoms with E-state index in [4.69, 9.17) is 5.73 Å². The first kappa shape index (κ1) is 13.6. The molecule has 0 heterocycles. The molecule has 1 nitrogen and oxygen atoms in total. The second kappa shape index (κ2) is 5.49. The Morgan fingerprint density at radius 1 is 1.00 bits per heavy atom. The van der Waals surface area contributed by atoms with Crippen molar-refractivity contribution in [3.05, 3.63) is 35.1 Å². The van der Waals surface area contributed by atoms with Crippen molar-refractivity contribution in [3.8, 4) is 0 Å². The summed E-state index contributed by atoms with van der Waals surface area (Å²) in [5.41, 5.74) is 10.9. The van der Waals surface area contributed by atoms with Gasteiger partial charge in [0, 0.05) is 0 Å². The molecule has 0 atom stereocenters. The third kappa shape index (κ3) is 3.08. The van der Waals surface area contributed by atoms with E-state index in [-0.39, 0.29) is 18.9 Å². The molecular formula is C12H18LiN. The largest absolute Gasteiger partial charge is 1.00 e. The molecule has 0 aliphatic rings. The molecule has 1 rings (SSSR count). The van der Waals surface area contributed by atoms with E-state index in [1.807, 2.05) is 6.07 Å². The van der Waals surface area contributed by atoms with Gasteiger partial charge in [-0.2, -0.15) is 0 Å². The van der Waals surface area contributed by atoms with Gasteiger partial charge in [-0.25, -0.2) is 0 Å². The van der Waals surface area contributed by atoms with E-state index in [0.29, 0.717) is 17.5 Å². The number of rotatable bonds is 2. The third-order valence-electron chi connectivity index (χ3n) is 2.36. The predicted molar refractivity (Wildman–Crippen MR) is 58.6 cm³/mol. The van der Waals surface area contributed by atoms with Crippen LogP contribution < -0.4 is 18.9 Å². The molecule has 0 unspecified atom stereocenters. The molecule has 0 aliphatic carbocycles. The maximum atomic E-state index is 7.74. The van der Waals surface area contributed by atoms with Gasteiger partial charge in [0.2, 0.25) is 0 Å². The minimum Gasteiger partial charge on any atom is -0.698 e. The Hall–Kier alpha value is -0.383. The van der Waals surface area contributed by atoms with Gasteiger partial charge in [-0.15, -0.1) is 5.69 Å². The molecule has 1 aromatic rings. The van der Waals surface area contributed by atoms with Crippen molar-refractivity contribution >= 4 is 5.69 Å². The predicted octanol–water partition coefficient (Wildman–Crippen LogP) is 1.62. The third-order valence-corrected chi connectivity index (χ3v) is 2.36. The van der Waals surface area contributed by atoms with Gasteiger partial charge >= 0.3 is 18.9 Å². The van der Waals surface area contributed by atoms with E-state index >= 15 is 0 Å². The Morgan fingerprint density at radius 3 is 2.00 bits per heavy atom. The van der Waals surface area contributed by atoms with Crippen molar-refractivity contribution in [1.82, 2.24) is 0 Å². The van der Waals surface area contributed by atoms with Gasteiger partial charge in [-0.05, 0) is 17.4 Å². The summed E-state index contributed by atoms with van der Waals surface area (Å²) < 4.78 is 0. The first-order valence-corrected chi connectivity index (χ1v) is 4.87. The molecule has 0 bridgehead atoms. The molecule has 72 valence electrons. The van der Waals surface area contributed by atoms with Crippen molar-refractivity contribution in [2.24, 2.45) is 0 Å². The van der Waals surface area contributed by atoms with Crippen LogP contribution in [0.4, 0.5) is 5.69 Å². The molecule has 2 heteroatoms. The summed E-state index contributed by atoms with van der Waals surface area (Å²) in [6, 6.07) is 6.13. The van der Waals surface area contributed by atoms with Crippen LogP contribution in [-0.2, 0) is 0 Å². The Bertz CT molecular complexity index is 292. The van der Waals surface area contributed by atoms with Crippen LogP contribution in [0.2, 0.25) is 0 Å². The molecule has 0 saturated heterocycles. The van der Waals surface area contributed by atoms with Gasteiger partial charge < -0.3 is 5.73 Å². The number of nitrogens with one attached hydrogen (secondary N) is 1. The number of benzene rings is 1. The maximum absolute atomic E-state index is 7.74. The summed E-state index contributed by atoms with van der Waals surface area (Å²) in [5.74, 6) is 1.00. The summed E-state index contributed by atoms with van der Waals surface area (Å²) in [6.45, 7) is 8.64. The Balaban J connectivity index is 0.00000169. The average Bonchev–Trinajstić information content (AvgIpc) is 2.04. The minimum absolute atomic E-state index is 0. The molecule has 0 radical (unpaired) electrons. The summed E-state index contributed by atoms with van der Waals surface area (Å²) in [4.78, 5) is 0. The standard InChI is InChI=1S/C12H18N.Li/c1-8(2)10-5-6-12(13)11(7-10)9(3)4;/h5-9,13H,1-4H3;/q-1;+1. The molecule has 14 heavy (non-hydrogen) atoms. The fourth-order valence-corrected chi connectivity index (χ4v) is 1.42.